The number of hydrogen-bond acceptors (Lipinski definition) is 8. The van der Waals surface area contributed by atoms with Crippen LogP contribution in [0.2, 0.25) is 0 Å². The molecule has 0 atom stereocenters. The minimum Gasteiger partial charge on any atom is -0.494 e. The van der Waals surface area contributed by atoms with E-state index in [2.05, 4.69) is 25.5 Å². The van der Waals surface area contributed by atoms with Gasteiger partial charge in [-0.3, -0.25) is 4.79 Å². The normalized spacial score (nSPS) is 10.9. The zero-order valence-electron chi connectivity index (χ0n) is 20.4. The number of nitrogens with one attached hydrogen (secondary N) is 2. The number of amides is 1. The Labute approximate surface area is 204 Å². The van der Waals surface area contributed by atoms with Gasteiger partial charge in [-0.2, -0.15) is 0 Å². The standard InChI is InChI=1S/C26H28N6O3/c1-16(33)29-20-9-17(15-32(2)3)10-21(13-20)30-26-28-14-19-11-18(12-23(34-4)24(19)31-26)22-7-6-8-27-25(22)35-5/h6-14H,15H2,1-5H3,(H,29,33)(H,28,30,31). The first kappa shape index (κ1) is 23.9. The zero-order chi connectivity index (χ0) is 24.9. The highest BCUT2D eigenvalue weighted by Gasteiger charge is 2.14. The summed E-state index contributed by atoms with van der Waals surface area (Å²) in [4.78, 5) is 27.2. The fourth-order valence-electron chi connectivity index (χ4n) is 3.88. The van der Waals surface area contributed by atoms with Crippen molar-refractivity contribution in [1.82, 2.24) is 19.9 Å². The number of carbonyl (C=O) groups is 1. The molecule has 180 valence electrons. The van der Waals surface area contributed by atoms with Gasteiger partial charge in [-0.1, -0.05) is 0 Å². The third-order valence-corrected chi connectivity index (χ3v) is 5.21. The number of fused-ring (bicyclic) bond motifs is 1. The Morgan fingerprint density at radius 1 is 1.03 bits per heavy atom. The molecule has 9 heteroatoms. The zero-order valence-corrected chi connectivity index (χ0v) is 20.4. The van der Waals surface area contributed by atoms with E-state index in [0.29, 0.717) is 28.8 Å². The van der Waals surface area contributed by atoms with E-state index in [9.17, 15) is 4.79 Å². The minimum absolute atomic E-state index is 0.134. The predicted molar refractivity (Wildman–Crippen MR) is 137 cm³/mol. The molecule has 2 N–H and O–H groups in total. The second kappa shape index (κ2) is 10.4. The number of rotatable bonds is 8. The molecule has 2 aromatic heterocycles. The Kier molecular flexibility index (Phi) is 7.07. The van der Waals surface area contributed by atoms with Crippen molar-refractivity contribution in [3.8, 4) is 22.8 Å². The van der Waals surface area contributed by atoms with Crippen molar-refractivity contribution >= 4 is 34.1 Å². The Hall–Kier alpha value is -4.24. The van der Waals surface area contributed by atoms with Crippen LogP contribution in [0.25, 0.3) is 22.0 Å². The van der Waals surface area contributed by atoms with Gasteiger partial charge in [-0.25, -0.2) is 15.0 Å². The molecular formula is C26H28N6O3. The summed E-state index contributed by atoms with van der Waals surface area (Å²) in [5, 5.41) is 6.93. The van der Waals surface area contributed by atoms with Crippen molar-refractivity contribution < 1.29 is 14.3 Å². The highest BCUT2D eigenvalue weighted by atomic mass is 16.5. The molecule has 0 aliphatic heterocycles. The lowest BCUT2D eigenvalue weighted by atomic mass is 10.0. The molecule has 0 radical (unpaired) electrons. The van der Waals surface area contributed by atoms with Gasteiger partial charge in [0.1, 0.15) is 11.3 Å². The number of nitrogens with zero attached hydrogens (tertiary/aromatic N) is 4. The lowest BCUT2D eigenvalue weighted by Crippen LogP contribution is -2.12. The molecule has 0 aliphatic rings. The number of anilines is 3. The van der Waals surface area contributed by atoms with Gasteiger partial charge in [0.2, 0.25) is 17.7 Å². The van der Waals surface area contributed by atoms with Crippen LogP contribution in [0.1, 0.15) is 12.5 Å². The SMILES string of the molecule is COc1ncccc1-c1cc(OC)c2nc(Nc3cc(CN(C)C)cc(NC(C)=O)c3)ncc2c1. The molecular weight excluding hydrogens is 444 g/mol. The quantitative estimate of drug-likeness (QED) is 0.387. The van der Waals surface area contributed by atoms with Crippen LogP contribution >= 0.6 is 0 Å². The average Bonchev–Trinajstić information content (AvgIpc) is 2.82. The monoisotopic (exact) mass is 472 g/mol. The number of methoxy groups -OCH3 is 2. The van der Waals surface area contributed by atoms with Crippen molar-refractivity contribution in [3.63, 3.8) is 0 Å². The fourth-order valence-corrected chi connectivity index (χ4v) is 3.88. The maximum absolute atomic E-state index is 11.6. The second-order valence-electron chi connectivity index (χ2n) is 8.33. The molecule has 4 aromatic rings. The summed E-state index contributed by atoms with van der Waals surface area (Å²) in [7, 11) is 7.19. The fraction of sp³-hybridized carbons (Fsp3) is 0.231. The molecule has 0 unspecified atom stereocenters. The molecule has 0 bridgehead atoms. The number of pyridine rings is 1. The molecule has 0 saturated carbocycles. The summed E-state index contributed by atoms with van der Waals surface area (Å²) in [6.07, 6.45) is 3.44. The third-order valence-electron chi connectivity index (χ3n) is 5.21. The van der Waals surface area contributed by atoms with Gasteiger partial charge < -0.3 is 25.0 Å². The number of ether oxygens (including phenoxy) is 2. The minimum atomic E-state index is -0.134. The Morgan fingerprint density at radius 3 is 2.54 bits per heavy atom. The van der Waals surface area contributed by atoms with Crippen LogP contribution < -0.4 is 20.1 Å². The van der Waals surface area contributed by atoms with E-state index in [4.69, 9.17) is 14.5 Å². The molecule has 0 spiro atoms. The van der Waals surface area contributed by atoms with E-state index < -0.39 is 0 Å². The summed E-state index contributed by atoms with van der Waals surface area (Å²) >= 11 is 0. The van der Waals surface area contributed by atoms with Crippen molar-refractivity contribution in [2.24, 2.45) is 0 Å². The first-order valence-corrected chi connectivity index (χ1v) is 11.0. The number of hydrogen-bond donors (Lipinski definition) is 2. The molecule has 4 rings (SSSR count). The molecule has 0 fully saturated rings. The molecule has 9 nitrogen and oxygen atoms in total. The van der Waals surface area contributed by atoms with Gasteiger partial charge in [0, 0.05) is 48.2 Å². The average molecular weight is 473 g/mol. The van der Waals surface area contributed by atoms with Crippen LogP contribution in [-0.2, 0) is 11.3 Å². The number of benzene rings is 2. The second-order valence-corrected chi connectivity index (χ2v) is 8.33. The van der Waals surface area contributed by atoms with Crippen molar-refractivity contribution in [2.75, 3.05) is 38.9 Å². The summed E-state index contributed by atoms with van der Waals surface area (Å²) < 4.78 is 11.1. The van der Waals surface area contributed by atoms with Gasteiger partial charge in [-0.15, -0.1) is 0 Å². The van der Waals surface area contributed by atoms with Crippen molar-refractivity contribution in [2.45, 2.75) is 13.5 Å². The van der Waals surface area contributed by atoms with E-state index >= 15 is 0 Å². The maximum Gasteiger partial charge on any atom is 0.227 e. The van der Waals surface area contributed by atoms with Crippen molar-refractivity contribution in [1.29, 1.82) is 0 Å². The third kappa shape index (κ3) is 5.64. The van der Waals surface area contributed by atoms with Crippen LogP contribution in [0.5, 0.6) is 11.6 Å². The highest BCUT2D eigenvalue weighted by Crippen LogP contribution is 2.35. The largest absolute Gasteiger partial charge is 0.494 e. The Bertz CT molecular complexity index is 1370. The molecule has 0 saturated heterocycles. The maximum atomic E-state index is 11.6. The van der Waals surface area contributed by atoms with Gasteiger partial charge in [0.05, 0.1) is 14.2 Å². The van der Waals surface area contributed by atoms with Crippen LogP contribution in [0.4, 0.5) is 17.3 Å². The molecule has 2 heterocycles. The first-order chi connectivity index (χ1) is 16.9. The van der Waals surface area contributed by atoms with Gasteiger partial charge >= 0.3 is 0 Å². The lowest BCUT2D eigenvalue weighted by Gasteiger charge is -2.15. The topological polar surface area (TPSA) is 102 Å². The van der Waals surface area contributed by atoms with Crippen LogP contribution in [0, 0.1) is 0 Å². The summed E-state index contributed by atoms with van der Waals surface area (Å²) in [6.45, 7) is 2.20. The van der Waals surface area contributed by atoms with E-state index in [0.717, 1.165) is 34.3 Å². The number of aromatic nitrogens is 3. The first-order valence-electron chi connectivity index (χ1n) is 11.0. The van der Waals surface area contributed by atoms with Crippen LogP contribution in [0.3, 0.4) is 0 Å². The Morgan fingerprint density at radius 2 is 1.83 bits per heavy atom. The highest BCUT2D eigenvalue weighted by molar-refractivity contribution is 5.91. The summed E-state index contributed by atoms with van der Waals surface area (Å²) in [6, 6.07) is 13.5. The smallest absolute Gasteiger partial charge is 0.227 e. The van der Waals surface area contributed by atoms with Crippen molar-refractivity contribution in [3.05, 3.63) is 60.4 Å². The van der Waals surface area contributed by atoms with E-state index in [-0.39, 0.29) is 5.91 Å². The van der Waals surface area contributed by atoms with Gasteiger partial charge in [0.25, 0.3) is 0 Å². The van der Waals surface area contributed by atoms with Gasteiger partial charge in [0.15, 0.2) is 0 Å². The molecule has 0 aliphatic carbocycles. The van der Waals surface area contributed by atoms with E-state index in [1.54, 1.807) is 26.6 Å². The molecule has 1 amide bonds. The molecule has 35 heavy (non-hydrogen) atoms. The molecule has 2 aromatic carbocycles. The lowest BCUT2D eigenvalue weighted by molar-refractivity contribution is -0.114. The Balaban J connectivity index is 1.71. The van der Waals surface area contributed by atoms with E-state index in [1.807, 2.05) is 56.6 Å². The summed E-state index contributed by atoms with van der Waals surface area (Å²) in [5.41, 5.74) is 4.91. The van der Waals surface area contributed by atoms with Crippen LogP contribution in [-0.4, -0.2) is 54.1 Å². The van der Waals surface area contributed by atoms with Gasteiger partial charge in [-0.05, 0) is 67.7 Å². The predicted octanol–water partition coefficient (Wildman–Crippen LogP) is 4.47. The van der Waals surface area contributed by atoms with E-state index in [1.165, 1.54) is 6.92 Å². The summed E-state index contributed by atoms with van der Waals surface area (Å²) in [5.74, 6) is 1.42. The van der Waals surface area contributed by atoms with Crippen LogP contribution in [0.15, 0.2) is 54.9 Å². The number of carbonyl (C=O) groups excluding carboxylic acids is 1.